The number of nitrogens with zero attached hydrogens (tertiary/aromatic N) is 1. The molecule has 2 fully saturated rings. The Kier molecular flexibility index (Phi) is 4.90. The Morgan fingerprint density at radius 2 is 1.90 bits per heavy atom. The normalized spacial score (nSPS) is 20.3. The van der Waals surface area contributed by atoms with E-state index in [0.717, 1.165) is 24.4 Å². The molecule has 21 heavy (non-hydrogen) atoms. The van der Waals surface area contributed by atoms with Crippen LogP contribution >= 0.6 is 15.9 Å². The predicted molar refractivity (Wildman–Crippen MR) is 93.8 cm³/mol. The molecular formula is C18H27BrN2. The van der Waals surface area contributed by atoms with Crippen LogP contribution < -0.4 is 10.2 Å². The summed E-state index contributed by atoms with van der Waals surface area (Å²) >= 11 is 3.64. The van der Waals surface area contributed by atoms with Crippen LogP contribution in [-0.2, 0) is 6.54 Å². The average Bonchev–Trinajstić information content (AvgIpc) is 3.30. The zero-order valence-electron chi connectivity index (χ0n) is 13.2. The van der Waals surface area contributed by atoms with Crippen LogP contribution in [0.15, 0.2) is 22.7 Å². The van der Waals surface area contributed by atoms with Crippen molar-refractivity contribution in [3.8, 4) is 0 Å². The summed E-state index contributed by atoms with van der Waals surface area (Å²) in [5.74, 6) is 1.73. The molecule has 1 aliphatic carbocycles. The van der Waals surface area contributed by atoms with Crippen LogP contribution in [0, 0.1) is 11.8 Å². The van der Waals surface area contributed by atoms with Crippen LogP contribution in [0.3, 0.4) is 0 Å². The Morgan fingerprint density at radius 3 is 2.52 bits per heavy atom. The molecule has 0 unspecified atom stereocenters. The van der Waals surface area contributed by atoms with Crippen molar-refractivity contribution in [2.45, 2.75) is 52.1 Å². The first-order valence-electron chi connectivity index (χ1n) is 8.40. The zero-order valence-corrected chi connectivity index (χ0v) is 14.8. The highest BCUT2D eigenvalue weighted by Crippen LogP contribution is 2.32. The lowest BCUT2D eigenvalue weighted by molar-refractivity contribution is 0.311. The van der Waals surface area contributed by atoms with Gasteiger partial charge in [-0.3, -0.25) is 0 Å². The van der Waals surface area contributed by atoms with E-state index in [2.05, 4.69) is 58.2 Å². The van der Waals surface area contributed by atoms with E-state index >= 15 is 0 Å². The molecule has 1 aromatic rings. The number of hydrogen-bond acceptors (Lipinski definition) is 2. The molecule has 2 nitrogen and oxygen atoms in total. The van der Waals surface area contributed by atoms with Crippen LogP contribution in [0.5, 0.6) is 0 Å². The third-order valence-corrected chi connectivity index (χ3v) is 5.52. The van der Waals surface area contributed by atoms with Crippen molar-refractivity contribution in [3.63, 3.8) is 0 Å². The fraction of sp³-hybridized carbons (Fsp3) is 0.667. The number of halogens is 1. The molecule has 0 spiro atoms. The van der Waals surface area contributed by atoms with Gasteiger partial charge in [0, 0.05) is 35.8 Å². The van der Waals surface area contributed by atoms with Gasteiger partial charge in [-0.25, -0.2) is 0 Å². The van der Waals surface area contributed by atoms with Gasteiger partial charge < -0.3 is 10.2 Å². The Morgan fingerprint density at radius 1 is 1.19 bits per heavy atom. The quantitative estimate of drug-likeness (QED) is 0.836. The van der Waals surface area contributed by atoms with Crippen molar-refractivity contribution in [1.82, 2.24) is 5.32 Å². The van der Waals surface area contributed by atoms with Gasteiger partial charge >= 0.3 is 0 Å². The summed E-state index contributed by atoms with van der Waals surface area (Å²) in [6.07, 6.45) is 5.37. The van der Waals surface area contributed by atoms with E-state index in [4.69, 9.17) is 0 Å². The highest BCUT2D eigenvalue weighted by molar-refractivity contribution is 9.10. The van der Waals surface area contributed by atoms with E-state index in [1.54, 1.807) is 0 Å². The van der Waals surface area contributed by atoms with E-state index < -0.39 is 0 Å². The molecule has 116 valence electrons. The third kappa shape index (κ3) is 4.01. The van der Waals surface area contributed by atoms with Crippen molar-refractivity contribution < 1.29 is 0 Å². The SMILES string of the molecule is CC(C)C1CCN(c2cc(Br)ccc2CNC2CC2)CC1. The highest BCUT2D eigenvalue weighted by atomic mass is 79.9. The summed E-state index contributed by atoms with van der Waals surface area (Å²) in [7, 11) is 0. The van der Waals surface area contributed by atoms with Gasteiger partial charge in [0.05, 0.1) is 0 Å². The maximum atomic E-state index is 3.66. The Labute approximate surface area is 137 Å². The van der Waals surface area contributed by atoms with Crippen molar-refractivity contribution in [2.24, 2.45) is 11.8 Å². The van der Waals surface area contributed by atoms with Crippen molar-refractivity contribution in [2.75, 3.05) is 18.0 Å². The van der Waals surface area contributed by atoms with E-state index in [9.17, 15) is 0 Å². The molecule has 1 N–H and O–H groups in total. The van der Waals surface area contributed by atoms with Gasteiger partial charge in [-0.05, 0) is 55.2 Å². The van der Waals surface area contributed by atoms with Gasteiger partial charge in [0.15, 0.2) is 0 Å². The first-order chi connectivity index (χ1) is 10.1. The minimum absolute atomic E-state index is 0.771. The summed E-state index contributed by atoms with van der Waals surface area (Å²) < 4.78 is 1.19. The standard InChI is InChI=1S/C18H27BrN2/c1-13(2)14-7-9-21(10-8-14)18-11-16(19)4-3-15(18)12-20-17-5-6-17/h3-4,11,13-14,17,20H,5-10,12H2,1-2H3. The molecule has 2 aliphatic rings. The largest absolute Gasteiger partial charge is 0.371 e. The molecule has 0 atom stereocenters. The molecule has 0 aromatic heterocycles. The molecule has 0 amide bonds. The van der Waals surface area contributed by atoms with Gasteiger partial charge in [-0.15, -0.1) is 0 Å². The van der Waals surface area contributed by atoms with Crippen molar-refractivity contribution in [3.05, 3.63) is 28.2 Å². The van der Waals surface area contributed by atoms with E-state index in [1.807, 2.05) is 0 Å². The van der Waals surface area contributed by atoms with Gasteiger partial charge in [0.25, 0.3) is 0 Å². The first kappa shape index (κ1) is 15.4. The monoisotopic (exact) mass is 350 g/mol. The predicted octanol–water partition coefficient (Wildman–Crippen LogP) is 4.57. The summed E-state index contributed by atoms with van der Waals surface area (Å²) in [5, 5.41) is 3.66. The Hall–Kier alpha value is -0.540. The topological polar surface area (TPSA) is 15.3 Å². The molecular weight excluding hydrogens is 324 g/mol. The van der Waals surface area contributed by atoms with Gasteiger partial charge in [0.2, 0.25) is 0 Å². The number of anilines is 1. The summed E-state index contributed by atoms with van der Waals surface area (Å²) in [4.78, 5) is 2.59. The fourth-order valence-corrected chi connectivity index (χ4v) is 3.68. The lowest BCUT2D eigenvalue weighted by Crippen LogP contribution is -2.36. The highest BCUT2D eigenvalue weighted by Gasteiger charge is 2.24. The van der Waals surface area contributed by atoms with Crippen LogP contribution in [-0.4, -0.2) is 19.1 Å². The van der Waals surface area contributed by atoms with Crippen molar-refractivity contribution >= 4 is 21.6 Å². The van der Waals surface area contributed by atoms with Crippen LogP contribution in [0.25, 0.3) is 0 Å². The Balaban J connectivity index is 1.69. The second-order valence-corrected chi connectivity index (χ2v) is 7.91. The molecule has 1 aliphatic heterocycles. The van der Waals surface area contributed by atoms with Crippen molar-refractivity contribution in [1.29, 1.82) is 0 Å². The molecule has 1 heterocycles. The zero-order chi connectivity index (χ0) is 14.8. The van der Waals surface area contributed by atoms with Gasteiger partial charge in [0.1, 0.15) is 0 Å². The number of nitrogens with one attached hydrogen (secondary N) is 1. The molecule has 0 radical (unpaired) electrons. The average molecular weight is 351 g/mol. The van der Waals surface area contributed by atoms with Crippen LogP contribution in [0.2, 0.25) is 0 Å². The van der Waals surface area contributed by atoms with Crippen LogP contribution in [0.4, 0.5) is 5.69 Å². The third-order valence-electron chi connectivity index (χ3n) is 5.03. The number of rotatable bonds is 5. The lowest BCUT2D eigenvalue weighted by Gasteiger charge is -2.36. The number of hydrogen-bond donors (Lipinski definition) is 1. The van der Waals surface area contributed by atoms with Crippen LogP contribution in [0.1, 0.15) is 45.1 Å². The van der Waals surface area contributed by atoms with Gasteiger partial charge in [-0.2, -0.15) is 0 Å². The van der Waals surface area contributed by atoms with E-state index in [-0.39, 0.29) is 0 Å². The summed E-state index contributed by atoms with van der Waals surface area (Å²) in [5.41, 5.74) is 2.88. The fourth-order valence-electron chi connectivity index (χ4n) is 3.33. The molecule has 1 aromatic carbocycles. The lowest BCUT2D eigenvalue weighted by atomic mass is 9.86. The van der Waals surface area contributed by atoms with E-state index in [1.165, 1.54) is 54.5 Å². The molecule has 3 rings (SSSR count). The smallest absolute Gasteiger partial charge is 0.0423 e. The molecule has 0 bridgehead atoms. The molecule has 1 saturated carbocycles. The number of piperidine rings is 1. The summed E-state index contributed by atoms with van der Waals surface area (Å²) in [6.45, 7) is 8.15. The van der Waals surface area contributed by atoms with Gasteiger partial charge in [-0.1, -0.05) is 35.8 Å². The maximum Gasteiger partial charge on any atom is 0.0423 e. The van der Waals surface area contributed by atoms with E-state index in [0.29, 0.717) is 0 Å². The molecule has 3 heteroatoms. The molecule has 1 saturated heterocycles. The minimum Gasteiger partial charge on any atom is -0.371 e. The Bertz CT molecular complexity index is 474. The number of benzene rings is 1. The second-order valence-electron chi connectivity index (χ2n) is 7.00. The first-order valence-corrected chi connectivity index (χ1v) is 9.19. The maximum absolute atomic E-state index is 3.66. The summed E-state index contributed by atoms with van der Waals surface area (Å²) in [6, 6.07) is 7.53. The second kappa shape index (κ2) is 6.70. The minimum atomic E-state index is 0.771.